The van der Waals surface area contributed by atoms with E-state index >= 15 is 4.39 Å². The first-order chi connectivity index (χ1) is 28.3. The molecule has 0 bridgehead atoms. The van der Waals surface area contributed by atoms with Crippen LogP contribution < -0.4 is 25.2 Å². The van der Waals surface area contributed by atoms with Gasteiger partial charge in [-0.25, -0.2) is 31.3 Å². The van der Waals surface area contributed by atoms with Crippen LogP contribution in [0, 0.1) is 11.7 Å². The number of piperidine rings is 2. The lowest BCUT2D eigenvalue weighted by Crippen LogP contribution is -2.48. The molecule has 4 fully saturated rings. The molecule has 1 saturated carbocycles. The van der Waals surface area contributed by atoms with Crippen molar-refractivity contribution in [3.63, 3.8) is 0 Å². The molecule has 2 aromatic carbocycles. The van der Waals surface area contributed by atoms with Crippen molar-refractivity contribution in [3.8, 4) is 0 Å². The van der Waals surface area contributed by atoms with Crippen molar-refractivity contribution in [2.75, 3.05) is 60.9 Å². The van der Waals surface area contributed by atoms with E-state index in [9.17, 15) is 45.1 Å². The van der Waals surface area contributed by atoms with Crippen LogP contribution in [0.4, 0.5) is 49.5 Å². The number of β-amino-alcohol motifs (C(OH)–C–C–N with tert-alkyl or cyclic N) is 1. The second-order valence-corrected chi connectivity index (χ2v) is 18.2. The van der Waals surface area contributed by atoms with Gasteiger partial charge in [-0.2, -0.15) is 18.2 Å². The van der Waals surface area contributed by atoms with Crippen LogP contribution in [-0.2, 0) is 25.8 Å². The van der Waals surface area contributed by atoms with Gasteiger partial charge in [0.15, 0.2) is 0 Å². The molecule has 60 heavy (non-hydrogen) atoms. The van der Waals surface area contributed by atoms with Gasteiger partial charge in [-0.1, -0.05) is 6.07 Å². The van der Waals surface area contributed by atoms with Crippen LogP contribution in [0.5, 0.6) is 0 Å². The van der Waals surface area contributed by atoms with Crippen LogP contribution in [0.1, 0.15) is 87.3 Å². The van der Waals surface area contributed by atoms with E-state index in [4.69, 9.17) is 0 Å². The van der Waals surface area contributed by atoms with Crippen molar-refractivity contribution in [2.45, 2.75) is 93.3 Å². The first-order valence-corrected chi connectivity index (χ1v) is 21.6. The number of alkyl halides is 5. The molecular formula is C40H48F6N8O5S. The fourth-order valence-electron chi connectivity index (χ4n) is 8.69. The summed E-state index contributed by atoms with van der Waals surface area (Å²) in [5.41, 5.74) is -2.40. The number of piperazine rings is 1. The standard InChI is InChI=1S/C40H48F6N8O5S/c1-39(57)13-2-14-54(23-39)36-31(40(44,45)46)21-47-38(50-36)48-33-11-8-27(20-30(33)35(42)43)60(58,59)51-25-5-3-24(4-6-25)22-52-15-17-53(18-16-52)26-7-9-28(32(41)19-26)29-10-12-34(55)49-37(29)56/h7-9,11,19-21,24-25,29,35,51,57H,2-6,10,12-18,22-23H2,1H3,(H,47,48,50)(H,49,55,56)/t24?,25?,29?,39-/m0/s1. The summed E-state index contributed by atoms with van der Waals surface area (Å²) in [6, 6.07) is 7.51. The summed E-state index contributed by atoms with van der Waals surface area (Å²) < 4.78 is 115. The molecule has 3 aliphatic heterocycles. The number of aromatic nitrogens is 2. The number of nitrogens with zero attached hydrogens (tertiary/aromatic N) is 5. The highest BCUT2D eigenvalue weighted by molar-refractivity contribution is 7.89. The number of hydrogen-bond acceptors (Lipinski definition) is 11. The first kappa shape index (κ1) is 43.6. The second-order valence-electron chi connectivity index (χ2n) is 16.5. The largest absolute Gasteiger partial charge is 0.421 e. The van der Waals surface area contributed by atoms with Gasteiger partial charge in [0.2, 0.25) is 27.8 Å². The van der Waals surface area contributed by atoms with E-state index in [-0.39, 0.29) is 43.1 Å². The van der Waals surface area contributed by atoms with Crippen molar-refractivity contribution >= 4 is 45.0 Å². The zero-order chi connectivity index (χ0) is 43.0. The van der Waals surface area contributed by atoms with Gasteiger partial charge >= 0.3 is 6.18 Å². The first-order valence-electron chi connectivity index (χ1n) is 20.1. The number of amides is 2. The highest BCUT2D eigenvalue weighted by atomic mass is 32.2. The molecule has 7 rings (SSSR count). The number of anilines is 4. The molecule has 3 aromatic rings. The Morgan fingerprint density at radius 2 is 1.72 bits per heavy atom. The summed E-state index contributed by atoms with van der Waals surface area (Å²) >= 11 is 0. The van der Waals surface area contributed by atoms with E-state index in [1.165, 1.54) is 17.9 Å². The Labute approximate surface area is 344 Å². The van der Waals surface area contributed by atoms with Crippen LogP contribution in [-0.4, -0.2) is 97.7 Å². The molecule has 0 radical (unpaired) electrons. The van der Waals surface area contributed by atoms with Gasteiger partial charge in [0, 0.05) is 87.0 Å². The maximum absolute atomic E-state index is 15.1. The van der Waals surface area contributed by atoms with Gasteiger partial charge in [-0.15, -0.1) is 0 Å². The average Bonchev–Trinajstić information content (AvgIpc) is 3.18. The predicted octanol–water partition coefficient (Wildman–Crippen LogP) is 5.85. The number of aliphatic hydroxyl groups is 1. The van der Waals surface area contributed by atoms with Crippen LogP contribution >= 0.6 is 0 Å². The Balaban J connectivity index is 0.920. The van der Waals surface area contributed by atoms with Crippen molar-refractivity contribution in [3.05, 3.63) is 65.1 Å². The van der Waals surface area contributed by atoms with E-state index < -0.39 is 79.7 Å². The molecular weight excluding hydrogens is 819 g/mol. The number of sulfonamides is 1. The molecule has 2 atom stereocenters. The topological polar surface area (TPSA) is 160 Å². The molecule has 4 N–H and O–H groups in total. The quantitative estimate of drug-likeness (QED) is 0.135. The summed E-state index contributed by atoms with van der Waals surface area (Å²) in [6.07, 6.45) is -3.63. The highest BCUT2D eigenvalue weighted by Gasteiger charge is 2.40. The number of halogens is 6. The lowest BCUT2D eigenvalue weighted by Gasteiger charge is -2.39. The van der Waals surface area contributed by atoms with E-state index in [0.29, 0.717) is 56.6 Å². The van der Waals surface area contributed by atoms with Crippen molar-refractivity contribution in [1.29, 1.82) is 0 Å². The van der Waals surface area contributed by atoms with E-state index in [1.54, 1.807) is 12.1 Å². The minimum Gasteiger partial charge on any atom is -0.388 e. The molecule has 0 spiro atoms. The lowest BCUT2D eigenvalue weighted by molar-refractivity contribution is -0.138. The summed E-state index contributed by atoms with van der Waals surface area (Å²) in [5, 5.41) is 15.3. The van der Waals surface area contributed by atoms with Crippen LogP contribution in [0.3, 0.4) is 0 Å². The summed E-state index contributed by atoms with van der Waals surface area (Å²) in [4.78, 5) is 36.8. The lowest BCUT2D eigenvalue weighted by atomic mass is 9.86. The van der Waals surface area contributed by atoms with Crippen LogP contribution in [0.2, 0.25) is 0 Å². The predicted molar refractivity (Wildman–Crippen MR) is 210 cm³/mol. The van der Waals surface area contributed by atoms with Gasteiger partial charge in [-0.3, -0.25) is 19.8 Å². The Bertz CT molecular complexity index is 2180. The maximum atomic E-state index is 15.1. The minimum atomic E-state index is -4.83. The smallest absolute Gasteiger partial charge is 0.388 e. The van der Waals surface area contributed by atoms with E-state index in [1.807, 2.05) is 0 Å². The molecule has 1 aliphatic carbocycles. The maximum Gasteiger partial charge on any atom is 0.421 e. The van der Waals surface area contributed by atoms with Gasteiger partial charge in [0.25, 0.3) is 6.43 Å². The Hall–Kier alpha value is -4.53. The third-order valence-electron chi connectivity index (χ3n) is 11.9. The van der Waals surface area contributed by atoms with Crippen molar-refractivity contribution in [2.24, 2.45) is 5.92 Å². The Morgan fingerprint density at radius 1 is 0.983 bits per heavy atom. The van der Waals surface area contributed by atoms with E-state index in [0.717, 1.165) is 50.7 Å². The van der Waals surface area contributed by atoms with Crippen LogP contribution in [0.15, 0.2) is 47.5 Å². The number of carbonyl (C=O) groups is 2. The summed E-state index contributed by atoms with van der Waals surface area (Å²) in [5.74, 6) is -2.63. The summed E-state index contributed by atoms with van der Waals surface area (Å²) in [6.45, 7) is 5.19. The molecule has 4 aliphatic rings. The molecule has 1 unspecified atom stereocenters. The van der Waals surface area contributed by atoms with Crippen molar-refractivity contribution in [1.82, 2.24) is 24.9 Å². The molecule has 13 nitrogen and oxygen atoms in total. The normalized spacial score (nSPS) is 24.8. The Morgan fingerprint density at radius 3 is 2.37 bits per heavy atom. The number of carbonyl (C=O) groups excluding carboxylic acids is 2. The van der Waals surface area contributed by atoms with Crippen LogP contribution in [0.25, 0.3) is 0 Å². The zero-order valence-corrected chi connectivity index (χ0v) is 33.8. The van der Waals surface area contributed by atoms with Crippen molar-refractivity contribution < 1.29 is 49.5 Å². The molecule has 1 aromatic heterocycles. The number of imide groups is 1. The van der Waals surface area contributed by atoms with Gasteiger partial charge in [0.05, 0.1) is 16.4 Å². The molecule has 20 heteroatoms. The van der Waals surface area contributed by atoms with Gasteiger partial charge in [-0.05, 0) is 88.1 Å². The third kappa shape index (κ3) is 10.1. The molecule has 326 valence electrons. The number of nitrogens with one attached hydrogen (secondary N) is 3. The second kappa shape index (κ2) is 17.4. The number of hydrogen-bond donors (Lipinski definition) is 4. The Kier molecular flexibility index (Phi) is 12.7. The fraction of sp³-hybridized carbons (Fsp3) is 0.550. The SMILES string of the molecule is C[C@]1(O)CCCN(c2nc(Nc3ccc(S(=O)(=O)NC4CCC(CN5CCN(c6ccc(C7CCC(=O)NC7=O)c(F)c6)CC5)CC4)cc3C(F)F)ncc2C(F)(F)F)C1. The zero-order valence-electron chi connectivity index (χ0n) is 32.9. The van der Waals surface area contributed by atoms with Gasteiger partial charge < -0.3 is 20.2 Å². The third-order valence-corrected chi connectivity index (χ3v) is 13.4. The number of rotatable bonds is 11. The molecule has 2 amide bonds. The summed E-state index contributed by atoms with van der Waals surface area (Å²) in [7, 11) is -4.23. The average molecular weight is 867 g/mol. The van der Waals surface area contributed by atoms with E-state index in [2.05, 4.69) is 35.1 Å². The monoisotopic (exact) mass is 866 g/mol. The fourth-order valence-corrected chi connectivity index (χ4v) is 10.0. The highest BCUT2D eigenvalue weighted by Crippen LogP contribution is 2.39. The number of benzene rings is 2. The molecule has 3 saturated heterocycles. The molecule has 4 heterocycles. The van der Waals surface area contributed by atoms with Gasteiger partial charge in [0.1, 0.15) is 17.2 Å². The minimum absolute atomic E-state index is 0.132.